The predicted molar refractivity (Wildman–Crippen MR) is 191 cm³/mol. The highest BCUT2D eigenvalue weighted by Crippen LogP contribution is 2.15. The number of thioether (sulfide) groups is 1. The molecule has 2 unspecified atom stereocenters. The maximum atomic E-state index is 13.1. The first-order chi connectivity index (χ1) is 22.2. The van der Waals surface area contributed by atoms with Crippen LogP contribution in [0.2, 0.25) is 0 Å². The van der Waals surface area contributed by atoms with Crippen LogP contribution in [0.4, 0.5) is 4.79 Å². The molecule has 0 aromatic heterocycles. The molecule has 0 aromatic rings. The van der Waals surface area contributed by atoms with Crippen molar-refractivity contribution in [2.75, 3.05) is 31.8 Å². The molecule has 0 rings (SSSR count). The van der Waals surface area contributed by atoms with E-state index in [9.17, 15) is 19.2 Å². The summed E-state index contributed by atoms with van der Waals surface area (Å²) in [7, 11) is 1.23. The van der Waals surface area contributed by atoms with Crippen molar-refractivity contribution >= 4 is 35.7 Å². The van der Waals surface area contributed by atoms with Crippen molar-refractivity contribution < 1.29 is 38.1 Å². The normalized spacial score (nSPS) is 13.0. The third kappa shape index (κ3) is 28.7. The van der Waals surface area contributed by atoms with Crippen molar-refractivity contribution in [3.63, 3.8) is 0 Å². The van der Waals surface area contributed by atoms with Crippen LogP contribution in [0.5, 0.6) is 0 Å². The summed E-state index contributed by atoms with van der Waals surface area (Å²) in [6.45, 7) is 13.0. The number of carbonyl (C=O) groups excluding carboxylic acids is 4. The summed E-state index contributed by atoms with van der Waals surface area (Å²) in [6.07, 6.45) is 18.8. The maximum Gasteiger partial charge on any atom is 0.408 e. The van der Waals surface area contributed by atoms with Gasteiger partial charge in [-0.2, -0.15) is 11.8 Å². The number of alkyl carbamates (subject to hydrolysis) is 1. The lowest BCUT2D eigenvalue weighted by atomic mass is 10.0. The van der Waals surface area contributed by atoms with Gasteiger partial charge in [0.15, 0.2) is 6.04 Å². The summed E-state index contributed by atoms with van der Waals surface area (Å²) in [5, 5.41) is 5.21. The summed E-state index contributed by atoms with van der Waals surface area (Å²) in [5.74, 6) is -0.844. The predicted octanol–water partition coefficient (Wildman–Crippen LogP) is 7.89. The van der Waals surface area contributed by atoms with Gasteiger partial charge >= 0.3 is 18.0 Å². The Bertz CT molecular complexity index is 857. The Balaban J connectivity index is 4.36. The van der Waals surface area contributed by atoms with Crippen molar-refractivity contribution in [2.24, 2.45) is 0 Å². The van der Waals surface area contributed by atoms with Crippen molar-refractivity contribution in [3.8, 4) is 0 Å². The van der Waals surface area contributed by atoms with Gasteiger partial charge in [0, 0.05) is 17.9 Å². The molecule has 0 aliphatic heterocycles. The van der Waals surface area contributed by atoms with Gasteiger partial charge in [-0.3, -0.25) is 9.59 Å². The fraction of sp³-hybridized carbons (Fsp3) is 0.889. The molecule has 0 aliphatic carbocycles. The lowest BCUT2D eigenvalue weighted by molar-refractivity contribution is -0.148. The summed E-state index contributed by atoms with van der Waals surface area (Å²) in [6, 6.07) is -2.06. The molecule has 2 atom stereocenters. The Hall–Kier alpha value is -2.01. The third-order valence-corrected chi connectivity index (χ3v) is 8.28. The van der Waals surface area contributed by atoms with Gasteiger partial charge in [-0.25, -0.2) is 9.59 Å². The lowest BCUT2D eigenvalue weighted by Gasteiger charge is -2.26. The smallest absolute Gasteiger partial charge is 0.408 e. The zero-order valence-electron chi connectivity index (χ0n) is 31.0. The average molecular weight is 689 g/mol. The number of unbranched alkanes of at least 4 members (excludes halogenated alkanes) is 14. The number of carbonyl (C=O) groups is 4. The Labute approximate surface area is 290 Å². The highest BCUT2D eigenvalue weighted by Gasteiger charge is 2.30. The van der Waals surface area contributed by atoms with Crippen LogP contribution in [-0.4, -0.2) is 79.1 Å². The molecule has 0 saturated heterocycles. The van der Waals surface area contributed by atoms with Gasteiger partial charge in [0.1, 0.15) is 18.2 Å². The number of ether oxygens (including phenoxy) is 4. The lowest BCUT2D eigenvalue weighted by Crippen LogP contribution is -2.55. The maximum absolute atomic E-state index is 13.1. The van der Waals surface area contributed by atoms with Gasteiger partial charge in [0.25, 0.3) is 0 Å². The van der Waals surface area contributed by atoms with E-state index in [1.807, 2.05) is 20.8 Å². The van der Waals surface area contributed by atoms with Crippen LogP contribution in [0.3, 0.4) is 0 Å². The third-order valence-electron chi connectivity index (χ3n) is 7.25. The van der Waals surface area contributed by atoms with E-state index in [0.29, 0.717) is 12.2 Å². The van der Waals surface area contributed by atoms with E-state index >= 15 is 0 Å². The van der Waals surface area contributed by atoms with E-state index in [1.165, 1.54) is 95.9 Å². The van der Waals surface area contributed by atoms with Gasteiger partial charge in [0.2, 0.25) is 5.91 Å². The van der Waals surface area contributed by atoms with Crippen LogP contribution >= 0.6 is 11.8 Å². The van der Waals surface area contributed by atoms with Crippen LogP contribution in [0.25, 0.3) is 0 Å². The van der Waals surface area contributed by atoms with Crippen molar-refractivity contribution in [3.05, 3.63) is 0 Å². The van der Waals surface area contributed by atoms with Gasteiger partial charge in [-0.15, -0.1) is 0 Å². The summed E-state index contributed by atoms with van der Waals surface area (Å²) in [4.78, 5) is 50.1. The molecule has 0 heterocycles. The highest BCUT2D eigenvalue weighted by atomic mass is 32.2. The largest absolute Gasteiger partial charge is 0.467 e. The molecule has 276 valence electrons. The molecule has 0 bridgehead atoms. The second kappa shape index (κ2) is 26.9. The molecule has 2 amide bonds. The average Bonchev–Trinajstić information content (AvgIpc) is 2.98. The number of hydrogen-bond donors (Lipinski definition) is 2. The van der Waals surface area contributed by atoms with E-state index < -0.39 is 41.3 Å². The molecule has 0 fully saturated rings. The number of methoxy groups -OCH3 is 1. The number of hydrogen-bond acceptors (Lipinski definition) is 9. The molecular weight excluding hydrogens is 620 g/mol. The monoisotopic (exact) mass is 688 g/mol. The van der Waals surface area contributed by atoms with Gasteiger partial charge < -0.3 is 29.6 Å². The van der Waals surface area contributed by atoms with Gasteiger partial charge in [0.05, 0.1) is 19.3 Å². The van der Waals surface area contributed by atoms with Gasteiger partial charge in [-0.05, 0) is 48.0 Å². The van der Waals surface area contributed by atoms with Crippen molar-refractivity contribution in [1.82, 2.24) is 10.6 Å². The van der Waals surface area contributed by atoms with Crippen LogP contribution in [0, 0.1) is 0 Å². The molecular formula is C36H68N2O8S. The molecule has 2 N–H and O–H groups in total. The van der Waals surface area contributed by atoms with Crippen LogP contribution in [0.15, 0.2) is 0 Å². The zero-order chi connectivity index (χ0) is 35.6. The van der Waals surface area contributed by atoms with Crippen LogP contribution in [-0.2, 0) is 33.3 Å². The van der Waals surface area contributed by atoms with E-state index in [2.05, 4.69) is 17.6 Å². The van der Waals surface area contributed by atoms with E-state index in [0.717, 1.165) is 19.3 Å². The first-order valence-electron chi connectivity index (χ1n) is 17.9. The van der Waals surface area contributed by atoms with Crippen LogP contribution < -0.4 is 10.6 Å². The number of nitrogens with one attached hydrogen (secondary N) is 2. The Morgan fingerprint density at radius 1 is 0.681 bits per heavy atom. The fourth-order valence-corrected chi connectivity index (χ4v) is 5.52. The molecule has 11 heteroatoms. The minimum absolute atomic E-state index is 0.0937. The molecule has 10 nitrogen and oxygen atoms in total. The van der Waals surface area contributed by atoms with Crippen LogP contribution in [0.1, 0.15) is 151 Å². The first kappa shape index (κ1) is 45.0. The molecule has 47 heavy (non-hydrogen) atoms. The minimum atomic E-state index is -1.06. The van der Waals surface area contributed by atoms with Crippen molar-refractivity contribution in [1.29, 1.82) is 0 Å². The molecule has 0 radical (unpaired) electrons. The molecule has 0 saturated carbocycles. The molecule has 0 aliphatic rings. The second-order valence-electron chi connectivity index (χ2n) is 14.2. The quantitative estimate of drug-likeness (QED) is 0.0503. The topological polar surface area (TPSA) is 129 Å². The number of rotatable bonds is 27. The SMILES string of the molecule is CCCCCCCCCCCCCCCCCC(=O)OCCSCC(NC(=O)OC(C)(C)C)C(=O)NC(COC(C)(C)C)C(=O)OC. The Morgan fingerprint density at radius 3 is 1.66 bits per heavy atom. The fourth-order valence-electron chi connectivity index (χ4n) is 4.68. The standard InChI is InChI=1S/C36H68N2O8S/c1-9-10-11-12-13-14-15-16-17-18-19-20-21-22-23-24-31(39)44-25-26-47-28-30(38-34(42)46-36(5,6)7)32(40)37-29(33(41)43-8)27-45-35(2,3)4/h29-30H,9-28H2,1-8H3,(H,37,40)(H,38,42). The minimum Gasteiger partial charge on any atom is -0.467 e. The van der Waals surface area contributed by atoms with Crippen molar-refractivity contribution in [2.45, 2.75) is 174 Å². The molecule has 0 spiro atoms. The summed E-state index contributed by atoms with van der Waals surface area (Å²) in [5.41, 5.74) is -1.29. The highest BCUT2D eigenvalue weighted by molar-refractivity contribution is 7.99. The van der Waals surface area contributed by atoms with E-state index in [-0.39, 0.29) is 24.9 Å². The summed E-state index contributed by atoms with van der Waals surface area (Å²) >= 11 is 1.34. The Kier molecular flexibility index (Phi) is 25.7. The molecule has 0 aromatic carbocycles. The zero-order valence-corrected chi connectivity index (χ0v) is 31.8. The van der Waals surface area contributed by atoms with E-state index in [1.54, 1.807) is 20.8 Å². The first-order valence-corrected chi connectivity index (χ1v) is 19.1. The number of amides is 2. The second-order valence-corrected chi connectivity index (χ2v) is 15.4. The number of esters is 2. The Morgan fingerprint density at radius 2 is 1.19 bits per heavy atom. The summed E-state index contributed by atoms with van der Waals surface area (Å²) < 4.78 is 21.2. The van der Waals surface area contributed by atoms with E-state index in [4.69, 9.17) is 18.9 Å². The van der Waals surface area contributed by atoms with Gasteiger partial charge in [-0.1, -0.05) is 96.8 Å².